The Bertz CT molecular complexity index is 329. The van der Waals surface area contributed by atoms with Crippen molar-refractivity contribution in [2.75, 3.05) is 45.1 Å². The molecule has 5 heteroatoms. The number of methoxy groups -OCH3 is 2. The van der Waals surface area contributed by atoms with Crippen LogP contribution in [0.1, 0.15) is 11.7 Å². The molecule has 0 N–H and O–H groups in total. The number of hydrogen-bond donors (Lipinski definition) is 0. The van der Waals surface area contributed by atoms with Crippen LogP contribution in [0.4, 0.5) is 0 Å². The molecule has 0 aliphatic carbocycles. The minimum Gasteiger partial charge on any atom is -0.497 e. The average Bonchev–Trinajstić information content (AvgIpc) is 2.47. The summed E-state index contributed by atoms with van der Waals surface area (Å²) in [5.74, 6) is 0.860. The molecule has 1 rings (SSSR count). The third-order valence-corrected chi connectivity index (χ3v) is 3.41. The Morgan fingerprint density at radius 3 is 2.26 bits per heavy atom. The van der Waals surface area contributed by atoms with Gasteiger partial charge in [0, 0.05) is 11.5 Å². The molecule has 0 spiro atoms. The van der Waals surface area contributed by atoms with Gasteiger partial charge in [-0.3, -0.25) is 0 Å². The van der Waals surface area contributed by atoms with Crippen LogP contribution in [0.15, 0.2) is 24.3 Å². The summed E-state index contributed by atoms with van der Waals surface area (Å²) >= 11 is 2.33. The SMILES string of the molecule is COCCOCCOC(CI)c1ccc(OC)cc1. The van der Waals surface area contributed by atoms with Crippen molar-refractivity contribution in [3.05, 3.63) is 29.8 Å². The molecule has 0 fully saturated rings. The highest BCUT2D eigenvalue weighted by atomic mass is 127. The zero-order chi connectivity index (χ0) is 13.9. The first-order valence-electron chi connectivity index (χ1n) is 6.20. The van der Waals surface area contributed by atoms with Crippen molar-refractivity contribution in [1.82, 2.24) is 0 Å². The third kappa shape index (κ3) is 6.56. The van der Waals surface area contributed by atoms with E-state index in [-0.39, 0.29) is 6.10 Å². The molecule has 19 heavy (non-hydrogen) atoms. The molecule has 4 nitrogen and oxygen atoms in total. The molecular weight excluding hydrogens is 359 g/mol. The van der Waals surface area contributed by atoms with Crippen molar-refractivity contribution < 1.29 is 18.9 Å². The zero-order valence-electron chi connectivity index (χ0n) is 11.4. The van der Waals surface area contributed by atoms with E-state index in [1.165, 1.54) is 0 Å². The second kappa shape index (κ2) is 10.4. The molecule has 1 unspecified atom stereocenters. The fraction of sp³-hybridized carbons (Fsp3) is 0.571. The predicted octanol–water partition coefficient (Wildman–Crippen LogP) is 2.85. The van der Waals surface area contributed by atoms with Gasteiger partial charge in [-0.1, -0.05) is 34.7 Å². The Morgan fingerprint density at radius 2 is 1.68 bits per heavy atom. The van der Waals surface area contributed by atoms with Gasteiger partial charge in [0.05, 0.1) is 39.6 Å². The quantitative estimate of drug-likeness (QED) is 0.356. The summed E-state index contributed by atoms with van der Waals surface area (Å²) in [6.45, 7) is 2.40. The fourth-order valence-electron chi connectivity index (χ4n) is 1.54. The number of benzene rings is 1. The molecule has 0 bridgehead atoms. The van der Waals surface area contributed by atoms with Gasteiger partial charge in [-0.25, -0.2) is 0 Å². The van der Waals surface area contributed by atoms with E-state index in [0.29, 0.717) is 26.4 Å². The fourth-order valence-corrected chi connectivity index (χ4v) is 2.30. The van der Waals surface area contributed by atoms with Crippen molar-refractivity contribution in [1.29, 1.82) is 0 Å². The maximum atomic E-state index is 5.82. The van der Waals surface area contributed by atoms with Crippen LogP contribution in [-0.4, -0.2) is 45.1 Å². The minimum atomic E-state index is 0.0949. The summed E-state index contributed by atoms with van der Waals surface area (Å²) in [6, 6.07) is 7.97. The van der Waals surface area contributed by atoms with Gasteiger partial charge in [-0.05, 0) is 17.7 Å². The lowest BCUT2D eigenvalue weighted by Gasteiger charge is -2.16. The molecule has 0 heterocycles. The first-order chi connectivity index (χ1) is 9.31. The molecule has 0 saturated carbocycles. The summed E-state index contributed by atoms with van der Waals surface area (Å²) in [7, 11) is 3.33. The maximum absolute atomic E-state index is 5.82. The molecule has 0 amide bonds. The van der Waals surface area contributed by atoms with Gasteiger partial charge in [-0.2, -0.15) is 0 Å². The summed E-state index contributed by atoms with van der Waals surface area (Å²) in [4.78, 5) is 0. The van der Waals surface area contributed by atoms with Gasteiger partial charge in [0.2, 0.25) is 0 Å². The Morgan fingerprint density at radius 1 is 1.00 bits per heavy atom. The molecule has 0 aromatic heterocycles. The van der Waals surface area contributed by atoms with Gasteiger partial charge in [0.15, 0.2) is 0 Å². The first-order valence-corrected chi connectivity index (χ1v) is 7.72. The first kappa shape index (κ1) is 16.7. The monoisotopic (exact) mass is 380 g/mol. The normalized spacial score (nSPS) is 12.4. The van der Waals surface area contributed by atoms with Crippen molar-refractivity contribution in [2.24, 2.45) is 0 Å². The Balaban J connectivity index is 2.31. The Labute approximate surface area is 128 Å². The van der Waals surface area contributed by atoms with E-state index < -0.39 is 0 Å². The predicted molar refractivity (Wildman–Crippen MR) is 83.3 cm³/mol. The van der Waals surface area contributed by atoms with E-state index >= 15 is 0 Å². The van der Waals surface area contributed by atoms with Crippen molar-refractivity contribution in [3.63, 3.8) is 0 Å². The highest BCUT2D eigenvalue weighted by Gasteiger charge is 2.10. The highest BCUT2D eigenvalue weighted by molar-refractivity contribution is 14.1. The number of hydrogen-bond acceptors (Lipinski definition) is 4. The van der Waals surface area contributed by atoms with Gasteiger partial charge >= 0.3 is 0 Å². The smallest absolute Gasteiger partial charge is 0.118 e. The standard InChI is InChI=1S/C14H21IO4/c1-16-7-8-18-9-10-19-14(11-15)12-3-5-13(17-2)6-4-12/h3-6,14H,7-11H2,1-2H3. The molecule has 108 valence electrons. The van der Waals surface area contributed by atoms with E-state index in [2.05, 4.69) is 22.6 Å². The second-order valence-electron chi connectivity index (χ2n) is 3.89. The topological polar surface area (TPSA) is 36.9 Å². The van der Waals surface area contributed by atoms with Crippen LogP contribution in [0.3, 0.4) is 0 Å². The van der Waals surface area contributed by atoms with Crippen LogP contribution in [-0.2, 0) is 14.2 Å². The van der Waals surface area contributed by atoms with Crippen molar-refractivity contribution in [2.45, 2.75) is 6.10 Å². The van der Waals surface area contributed by atoms with Crippen LogP contribution in [0.25, 0.3) is 0 Å². The molecule has 0 aliphatic heterocycles. The largest absolute Gasteiger partial charge is 0.497 e. The second-order valence-corrected chi connectivity index (χ2v) is 4.77. The summed E-state index contributed by atoms with van der Waals surface area (Å²) in [5.41, 5.74) is 1.16. The van der Waals surface area contributed by atoms with E-state index in [9.17, 15) is 0 Å². The number of ether oxygens (including phenoxy) is 4. The molecule has 0 aliphatic rings. The molecule has 0 saturated heterocycles. The number of halogens is 1. The van der Waals surface area contributed by atoms with Crippen LogP contribution in [0.2, 0.25) is 0 Å². The van der Waals surface area contributed by atoms with Crippen LogP contribution >= 0.6 is 22.6 Å². The lowest BCUT2D eigenvalue weighted by atomic mass is 10.1. The number of rotatable bonds is 10. The van der Waals surface area contributed by atoms with Crippen LogP contribution < -0.4 is 4.74 Å². The highest BCUT2D eigenvalue weighted by Crippen LogP contribution is 2.22. The van der Waals surface area contributed by atoms with E-state index in [1.807, 2.05) is 24.3 Å². The summed E-state index contributed by atoms with van der Waals surface area (Å²) < 4.78 is 22.1. The Kier molecular flexibility index (Phi) is 9.15. The van der Waals surface area contributed by atoms with Crippen molar-refractivity contribution >= 4 is 22.6 Å². The lowest BCUT2D eigenvalue weighted by Crippen LogP contribution is -2.12. The van der Waals surface area contributed by atoms with Gasteiger partial charge < -0.3 is 18.9 Å². The Hall–Kier alpha value is -0.370. The summed E-state index contributed by atoms with van der Waals surface area (Å²) in [6.07, 6.45) is 0.0949. The van der Waals surface area contributed by atoms with Crippen LogP contribution in [0.5, 0.6) is 5.75 Å². The van der Waals surface area contributed by atoms with E-state index in [0.717, 1.165) is 15.7 Å². The molecule has 1 aromatic rings. The van der Waals surface area contributed by atoms with Gasteiger partial charge in [0.25, 0.3) is 0 Å². The van der Waals surface area contributed by atoms with Gasteiger partial charge in [0.1, 0.15) is 5.75 Å². The van der Waals surface area contributed by atoms with Gasteiger partial charge in [-0.15, -0.1) is 0 Å². The minimum absolute atomic E-state index is 0.0949. The van der Waals surface area contributed by atoms with Crippen LogP contribution in [0, 0.1) is 0 Å². The zero-order valence-corrected chi connectivity index (χ0v) is 13.6. The molecule has 1 aromatic carbocycles. The molecule has 0 radical (unpaired) electrons. The maximum Gasteiger partial charge on any atom is 0.118 e. The lowest BCUT2D eigenvalue weighted by molar-refractivity contribution is 0.00122. The van der Waals surface area contributed by atoms with Crippen molar-refractivity contribution in [3.8, 4) is 5.75 Å². The number of alkyl halides is 1. The molecule has 1 atom stereocenters. The molecular formula is C14H21IO4. The third-order valence-electron chi connectivity index (χ3n) is 2.61. The summed E-state index contributed by atoms with van der Waals surface area (Å²) in [5, 5.41) is 0. The average molecular weight is 380 g/mol. The van der Waals surface area contributed by atoms with E-state index in [4.69, 9.17) is 18.9 Å². The van der Waals surface area contributed by atoms with E-state index in [1.54, 1.807) is 14.2 Å².